The van der Waals surface area contributed by atoms with Crippen LogP contribution in [0.4, 0.5) is 24.8 Å². The zero-order valence-corrected chi connectivity index (χ0v) is 22.7. The Kier molecular flexibility index (Phi) is 8.02. The molecule has 2 aromatic carbocycles. The van der Waals surface area contributed by atoms with Gasteiger partial charge in [0.15, 0.2) is 0 Å². The van der Waals surface area contributed by atoms with Gasteiger partial charge in [-0.3, -0.25) is 4.72 Å². The quantitative estimate of drug-likeness (QED) is 0.237. The summed E-state index contributed by atoms with van der Waals surface area (Å²) in [6.45, 7) is 8.79. The second kappa shape index (κ2) is 11.1. The lowest BCUT2D eigenvalue weighted by Crippen LogP contribution is -2.16. The average Bonchev–Trinajstić information content (AvgIpc) is 3.32. The number of anilines is 2. The van der Waals surface area contributed by atoms with E-state index in [2.05, 4.69) is 29.1 Å². The minimum Gasteiger partial charge on any atom is -0.354 e. The lowest BCUT2D eigenvalue weighted by molar-refractivity contribution is 0.555. The summed E-state index contributed by atoms with van der Waals surface area (Å²) in [5.41, 5.74) is 1.05. The monoisotopic (exact) mass is 561 g/mol. The van der Waals surface area contributed by atoms with Crippen molar-refractivity contribution in [2.45, 2.75) is 38.5 Å². The first-order valence-electron chi connectivity index (χ1n) is 11.8. The maximum atomic E-state index is 14.7. The van der Waals surface area contributed by atoms with E-state index in [0.29, 0.717) is 52.4 Å². The predicted molar refractivity (Wildman–Crippen MR) is 143 cm³/mol. The second-order valence-electron chi connectivity index (χ2n) is 9.30. The van der Waals surface area contributed by atoms with Gasteiger partial charge in [-0.2, -0.15) is 0 Å². The van der Waals surface area contributed by atoms with Crippen LogP contribution in [-0.2, 0) is 10.0 Å². The van der Waals surface area contributed by atoms with E-state index in [0.717, 1.165) is 17.1 Å². The third-order valence-electron chi connectivity index (χ3n) is 5.36. The molecule has 12 heteroatoms. The molecule has 2 heterocycles. The van der Waals surface area contributed by atoms with Gasteiger partial charge in [0.25, 0.3) is 10.0 Å². The zero-order valence-electron chi connectivity index (χ0n) is 21.1. The van der Waals surface area contributed by atoms with E-state index in [1.807, 2.05) is 18.6 Å². The number of halogens is 3. The maximum absolute atomic E-state index is 14.7. The summed E-state index contributed by atoms with van der Waals surface area (Å²) in [5.74, 6) is -2.08. The van der Waals surface area contributed by atoms with Gasteiger partial charge in [0.1, 0.15) is 22.3 Å². The van der Waals surface area contributed by atoms with Crippen LogP contribution in [-0.4, -0.2) is 29.9 Å². The predicted octanol–water partition coefficient (Wildman–Crippen LogP) is 6.68. The number of aromatic nitrogens is 3. The summed E-state index contributed by atoms with van der Waals surface area (Å²) in [4.78, 5) is 13.4. The number of hydrogen-bond donors (Lipinski definition) is 2. The average molecular weight is 562 g/mol. The van der Waals surface area contributed by atoms with Gasteiger partial charge in [0.2, 0.25) is 5.95 Å². The SMILES string of the molecule is CC(C)CNc1nccc(-c2sc(C(C)C)nc2-c2ccc(F)c(NS(=O)(=O)c3cc(F)ccc3F)c2)n1. The zero-order chi connectivity index (χ0) is 27.6. The minimum absolute atomic E-state index is 0.0854. The molecule has 0 fully saturated rings. The van der Waals surface area contributed by atoms with E-state index >= 15 is 0 Å². The van der Waals surface area contributed by atoms with Gasteiger partial charge in [-0.25, -0.2) is 36.5 Å². The largest absolute Gasteiger partial charge is 0.354 e. The van der Waals surface area contributed by atoms with Crippen LogP contribution in [0.25, 0.3) is 21.8 Å². The molecular formula is C26H26F3N5O2S2. The van der Waals surface area contributed by atoms with Crippen LogP contribution in [0.15, 0.2) is 53.6 Å². The van der Waals surface area contributed by atoms with Gasteiger partial charge in [-0.1, -0.05) is 27.7 Å². The van der Waals surface area contributed by atoms with Crippen molar-refractivity contribution >= 4 is 33.0 Å². The highest BCUT2D eigenvalue weighted by atomic mass is 32.2. The van der Waals surface area contributed by atoms with Crippen LogP contribution in [0.2, 0.25) is 0 Å². The van der Waals surface area contributed by atoms with Crippen molar-refractivity contribution < 1.29 is 21.6 Å². The first-order chi connectivity index (χ1) is 17.9. The molecule has 0 radical (unpaired) electrons. The molecule has 0 bridgehead atoms. The van der Waals surface area contributed by atoms with E-state index in [-0.39, 0.29) is 5.92 Å². The first kappa shape index (κ1) is 27.5. The standard InChI is InChI=1S/C26H26F3N5O2S2/c1-14(2)13-31-26-30-10-9-20(32-26)24-23(33-25(37-24)15(3)4)16-5-7-18(28)21(11-16)34-38(35,36)22-12-17(27)6-8-19(22)29/h5-12,14-15,34H,13H2,1-4H3,(H,30,31,32). The molecule has 0 saturated carbocycles. The fourth-order valence-corrected chi connectivity index (χ4v) is 5.66. The number of nitrogens with one attached hydrogen (secondary N) is 2. The number of thiazole rings is 1. The van der Waals surface area contributed by atoms with E-state index in [4.69, 9.17) is 4.98 Å². The molecule has 4 rings (SSSR count). The fraction of sp³-hybridized carbons (Fsp3) is 0.269. The minimum atomic E-state index is -4.63. The van der Waals surface area contributed by atoms with Gasteiger partial charge in [-0.05, 0) is 48.4 Å². The highest BCUT2D eigenvalue weighted by Crippen LogP contribution is 2.39. The van der Waals surface area contributed by atoms with Crippen molar-refractivity contribution in [2.24, 2.45) is 5.92 Å². The Hall–Kier alpha value is -3.51. The van der Waals surface area contributed by atoms with Crippen molar-refractivity contribution in [3.8, 4) is 21.8 Å². The number of rotatable bonds is 9. The Morgan fingerprint density at radius 2 is 1.68 bits per heavy atom. The Bertz CT molecular complexity index is 1570. The molecule has 0 unspecified atom stereocenters. The van der Waals surface area contributed by atoms with Gasteiger partial charge < -0.3 is 5.32 Å². The third kappa shape index (κ3) is 6.13. The molecule has 0 spiro atoms. The van der Waals surface area contributed by atoms with Gasteiger partial charge in [0.05, 0.1) is 27.0 Å². The molecule has 0 aliphatic rings. The molecule has 2 aromatic heterocycles. The summed E-state index contributed by atoms with van der Waals surface area (Å²) in [6.07, 6.45) is 1.63. The molecular weight excluding hydrogens is 535 g/mol. The van der Waals surface area contributed by atoms with Crippen LogP contribution in [0.1, 0.15) is 38.6 Å². The summed E-state index contributed by atoms with van der Waals surface area (Å²) < 4.78 is 70.1. The molecule has 0 atom stereocenters. The summed E-state index contributed by atoms with van der Waals surface area (Å²) in [6, 6.07) is 7.58. The Morgan fingerprint density at radius 3 is 2.39 bits per heavy atom. The van der Waals surface area contributed by atoms with Gasteiger partial charge in [-0.15, -0.1) is 11.3 Å². The first-order valence-corrected chi connectivity index (χ1v) is 14.1. The van der Waals surface area contributed by atoms with Crippen LogP contribution in [0, 0.1) is 23.4 Å². The molecule has 7 nitrogen and oxygen atoms in total. The fourth-order valence-electron chi connectivity index (χ4n) is 3.45. The van der Waals surface area contributed by atoms with Crippen molar-refractivity contribution in [2.75, 3.05) is 16.6 Å². The van der Waals surface area contributed by atoms with Crippen molar-refractivity contribution in [3.05, 3.63) is 71.1 Å². The van der Waals surface area contributed by atoms with Crippen LogP contribution < -0.4 is 10.0 Å². The molecule has 200 valence electrons. The highest BCUT2D eigenvalue weighted by Gasteiger charge is 2.24. The summed E-state index contributed by atoms with van der Waals surface area (Å²) >= 11 is 1.42. The van der Waals surface area contributed by atoms with E-state index in [1.54, 1.807) is 12.3 Å². The lowest BCUT2D eigenvalue weighted by atomic mass is 10.1. The lowest BCUT2D eigenvalue weighted by Gasteiger charge is -2.12. The smallest absolute Gasteiger partial charge is 0.265 e. The van der Waals surface area contributed by atoms with Crippen LogP contribution in [0.5, 0.6) is 0 Å². The molecule has 38 heavy (non-hydrogen) atoms. The van der Waals surface area contributed by atoms with E-state index < -0.39 is 38.1 Å². The van der Waals surface area contributed by atoms with Crippen molar-refractivity contribution in [1.82, 2.24) is 15.0 Å². The summed E-state index contributed by atoms with van der Waals surface area (Å²) in [5, 5.41) is 3.99. The van der Waals surface area contributed by atoms with Gasteiger partial charge >= 0.3 is 0 Å². The molecule has 0 amide bonds. The Balaban J connectivity index is 1.76. The van der Waals surface area contributed by atoms with Crippen molar-refractivity contribution in [1.29, 1.82) is 0 Å². The van der Waals surface area contributed by atoms with Crippen molar-refractivity contribution in [3.63, 3.8) is 0 Å². The number of hydrogen-bond acceptors (Lipinski definition) is 7. The second-order valence-corrected chi connectivity index (χ2v) is 12.0. The molecule has 2 N–H and O–H groups in total. The number of sulfonamides is 1. The van der Waals surface area contributed by atoms with Crippen LogP contribution >= 0.6 is 11.3 Å². The topological polar surface area (TPSA) is 96.9 Å². The molecule has 0 saturated heterocycles. The molecule has 0 aliphatic heterocycles. The third-order valence-corrected chi connectivity index (χ3v) is 8.12. The van der Waals surface area contributed by atoms with Crippen LogP contribution in [0.3, 0.4) is 0 Å². The molecule has 0 aliphatic carbocycles. The maximum Gasteiger partial charge on any atom is 0.265 e. The van der Waals surface area contributed by atoms with Gasteiger partial charge in [0, 0.05) is 24.2 Å². The van der Waals surface area contributed by atoms with E-state index in [1.165, 1.54) is 23.5 Å². The summed E-state index contributed by atoms with van der Waals surface area (Å²) in [7, 11) is -4.63. The highest BCUT2D eigenvalue weighted by molar-refractivity contribution is 7.92. The Morgan fingerprint density at radius 1 is 0.947 bits per heavy atom. The Labute approximate surface area is 223 Å². The molecule has 4 aromatic rings. The van der Waals surface area contributed by atoms with E-state index in [9.17, 15) is 21.6 Å². The number of benzene rings is 2. The number of nitrogens with zero attached hydrogens (tertiary/aromatic N) is 3. The normalized spacial score (nSPS) is 11.8.